The molecular weight excluding hydrogens is 442 g/mol. The molecule has 0 spiro atoms. The molecule has 0 unspecified atom stereocenters. The Balaban J connectivity index is 1.62. The van der Waals surface area contributed by atoms with Gasteiger partial charge in [0.1, 0.15) is 18.4 Å². The van der Waals surface area contributed by atoms with Gasteiger partial charge in [0.25, 0.3) is 0 Å². The number of anilines is 1. The molecule has 0 aliphatic heterocycles. The molecule has 4 rings (SSSR count). The fourth-order valence-electron chi connectivity index (χ4n) is 4.34. The molecule has 0 radical (unpaired) electrons. The van der Waals surface area contributed by atoms with Gasteiger partial charge in [-0.2, -0.15) is 20.9 Å². The Morgan fingerprint density at radius 3 is 2.60 bits per heavy atom. The summed E-state index contributed by atoms with van der Waals surface area (Å²) < 4.78 is 8.05. The minimum atomic E-state index is -0.392. The van der Waals surface area contributed by atoms with E-state index in [2.05, 4.69) is 22.5 Å². The van der Waals surface area contributed by atoms with E-state index in [-0.39, 0.29) is 0 Å². The minimum Gasteiger partial charge on any atom is -0.489 e. The van der Waals surface area contributed by atoms with Gasteiger partial charge < -0.3 is 4.74 Å². The molecule has 3 aromatic rings. The number of nitriles is 1. The standard InChI is InChI=1S/C26H29N7O2/c1-16-13-20(33-18(3)22(14-27)17(2)29-33)11-12-25(16)35-15-23-21(19-9-10-19)7-6-8-24(23)31(4)26(34)32(5)30-28/h6-8,11-13,19,28H,9-10,15H2,1-5H3. The number of hydrogen-bond acceptors (Lipinski definition) is 6. The number of nitrogens with zero attached hydrogens (tertiary/aromatic N) is 6. The monoisotopic (exact) mass is 471 g/mol. The van der Waals surface area contributed by atoms with E-state index < -0.39 is 6.03 Å². The van der Waals surface area contributed by atoms with E-state index >= 15 is 0 Å². The number of carbonyl (C=O) groups is 1. The van der Waals surface area contributed by atoms with Gasteiger partial charge in [-0.25, -0.2) is 9.48 Å². The van der Waals surface area contributed by atoms with Gasteiger partial charge in [-0.1, -0.05) is 17.4 Å². The van der Waals surface area contributed by atoms with Crippen molar-refractivity contribution in [3.63, 3.8) is 0 Å². The number of carbonyl (C=O) groups excluding carboxylic acids is 1. The van der Waals surface area contributed by atoms with Crippen LogP contribution in [-0.4, -0.2) is 34.9 Å². The lowest BCUT2D eigenvalue weighted by molar-refractivity contribution is 0.214. The largest absolute Gasteiger partial charge is 0.489 e. The van der Waals surface area contributed by atoms with Gasteiger partial charge in [-0.15, -0.1) is 0 Å². The zero-order valence-electron chi connectivity index (χ0n) is 20.7. The van der Waals surface area contributed by atoms with Crippen molar-refractivity contribution in [1.29, 1.82) is 10.8 Å². The topological polar surface area (TPSA) is 111 Å². The summed E-state index contributed by atoms with van der Waals surface area (Å²) in [6.07, 6.45) is 2.24. The number of aryl methyl sites for hydroxylation is 2. The molecule has 1 saturated carbocycles. The molecule has 2 amide bonds. The summed E-state index contributed by atoms with van der Waals surface area (Å²) in [5.41, 5.74) is 14.0. The smallest absolute Gasteiger partial charge is 0.345 e. The van der Waals surface area contributed by atoms with Crippen LogP contribution < -0.4 is 9.64 Å². The Morgan fingerprint density at radius 2 is 2.00 bits per heavy atom. The van der Waals surface area contributed by atoms with Crippen LogP contribution in [0, 0.1) is 37.6 Å². The highest BCUT2D eigenvalue weighted by atomic mass is 16.5. The van der Waals surface area contributed by atoms with E-state index in [9.17, 15) is 10.1 Å². The van der Waals surface area contributed by atoms with Gasteiger partial charge in [0, 0.05) is 19.7 Å². The maximum atomic E-state index is 12.7. The van der Waals surface area contributed by atoms with Crippen molar-refractivity contribution in [2.75, 3.05) is 19.0 Å². The molecule has 9 nitrogen and oxygen atoms in total. The number of nitrogens with one attached hydrogen (secondary N) is 1. The molecule has 0 saturated heterocycles. The number of hydrogen-bond donors (Lipinski definition) is 1. The molecule has 2 aromatic carbocycles. The highest BCUT2D eigenvalue weighted by Crippen LogP contribution is 2.44. The van der Waals surface area contributed by atoms with Gasteiger partial charge in [0.2, 0.25) is 0 Å². The van der Waals surface area contributed by atoms with Crippen LogP contribution in [0.1, 0.15) is 52.4 Å². The Hall–Kier alpha value is -4.19. The van der Waals surface area contributed by atoms with Crippen LogP contribution >= 0.6 is 0 Å². The summed E-state index contributed by atoms with van der Waals surface area (Å²) in [5, 5.41) is 18.1. The quantitative estimate of drug-likeness (QED) is 0.359. The summed E-state index contributed by atoms with van der Waals surface area (Å²) in [6.45, 7) is 6.00. The summed E-state index contributed by atoms with van der Waals surface area (Å²) in [5.74, 6) is 1.21. The number of ether oxygens (including phenoxy) is 1. The van der Waals surface area contributed by atoms with Gasteiger partial charge in [-0.05, 0) is 74.9 Å². The fourth-order valence-corrected chi connectivity index (χ4v) is 4.34. The second-order valence-electron chi connectivity index (χ2n) is 8.89. The van der Waals surface area contributed by atoms with Crippen LogP contribution in [0.25, 0.3) is 5.69 Å². The average molecular weight is 472 g/mol. The van der Waals surface area contributed by atoms with Gasteiger partial charge in [-0.3, -0.25) is 4.90 Å². The molecular formula is C26H29N7O2. The van der Waals surface area contributed by atoms with E-state index in [1.165, 1.54) is 17.5 Å². The summed E-state index contributed by atoms with van der Waals surface area (Å²) in [7, 11) is 3.14. The Bertz CT molecular complexity index is 1330. The first-order valence-corrected chi connectivity index (χ1v) is 11.5. The van der Waals surface area contributed by atoms with E-state index in [1.807, 2.05) is 51.1 Å². The maximum Gasteiger partial charge on any atom is 0.345 e. The van der Waals surface area contributed by atoms with Crippen LogP contribution in [0.5, 0.6) is 5.75 Å². The normalized spacial score (nSPS) is 12.7. The fraction of sp³-hybridized carbons (Fsp3) is 0.346. The van der Waals surface area contributed by atoms with E-state index in [1.54, 1.807) is 11.7 Å². The highest BCUT2D eigenvalue weighted by molar-refractivity contribution is 5.92. The first kappa shape index (κ1) is 24.0. The van der Waals surface area contributed by atoms with Crippen LogP contribution in [0.4, 0.5) is 10.5 Å². The van der Waals surface area contributed by atoms with Crippen molar-refractivity contribution >= 4 is 11.7 Å². The van der Waals surface area contributed by atoms with Gasteiger partial charge in [0.05, 0.1) is 28.3 Å². The molecule has 1 aliphatic carbocycles. The Kier molecular flexibility index (Phi) is 6.56. The number of rotatable bonds is 7. The van der Waals surface area contributed by atoms with Crippen molar-refractivity contribution in [2.24, 2.45) is 5.22 Å². The maximum absolute atomic E-state index is 12.7. The molecule has 1 N–H and O–H groups in total. The van der Waals surface area contributed by atoms with E-state index in [0.717, 1.165) is 51.8 Å². The minimum absolute atomic E-state index is 0.306. The SMILES string of the molecule is Cc1cc(-n2nc(C)c(C#N)c2C)ccc1OCc1c(C2CC2)cccc1N(C)C(=O)N(C)N=N. The van der Waals surface area contributed by atoms with E-state index in [4.69, 9.17) is 10.3 Å². The average Bonchev–Trinajstić information content (AvgIpc) is 3.66. The van der Waals surface area contributed by atoms with Crippen molar-refractivity contribution in [2.45, 2.75) is 46.1 Å². The predicted molar refractivity (Wildman–Crippen MR) is 132 cm³/mol. The van der Waals surface area contributed by atoms with Crippen molar-refractivity contribution in [1.82, 2.24) is 14.8 Å². The predicted octanol–water partition coefficient (Wildman–Crippen LogP) is 5.56. The molecule has 1 fully saturated rings. The summed E-state index contributed by atoms with van der Waals surface area (Å²) in [6, 6.07) is 13.6. The molecule has 1 aromatic heterocycles. The zero-order chi connectivity index (χ0) is 25.3. The lowest BCUT2D eigenvalue weighted by atomic mass is 10.0. The van der Waals surface area contributed by atoms with Crippen molar-refractivity contribution < 1.29 is 9.53 Å². The molecule has 0 bridgehead atoms. The molecule has 1 heterocycles. The third-order valence-electron chi connectivity index (χ3n) is 6.46. The number of amides is 2. The lowest BCUT2D eigenvalue weighted by Crippen LogP contribution is -2.36. The molecule has 9 heteroatoms. The van der Waals surface area contributed by atoms with Crippen molar-refractivity contribution in [3.05, 3.63) is 70.0 Å². The van der Waals surface area contributed by atoms with Crippen LogP contribution in [0.15, 0.2) is 41.6 Å². The molecule has 35 heavy (non-hydrogen) atoms. The van der Waals surface area contributed by atoms with Crippen LogP contribution in [-0.2, 0) is 6.61 Å². The summed E-state index contributed by atoms with van der Waals surface area (Å²) >= 11 is 0. The molecule has 1 aliphatic rings. The number of benzene rings is 2. The first-order chi connectivity index (χ1) is 16.8. The van der Waals surface area contributed by atoms with E-state index in [0.29, 0.717) is 23.8 Å². The third-order valence-corrected chi connectivity index (χ3v) is 6.46. The second-order valence-corrected chi connectivity index (χ2v) is 8.89. The van der Waals surface area contributed by atoms with Gasteiger partial charge in [0.15, 0.2) is 0 Å². The Morgan fingerprint density at radius 1 is 1.26 bits per heavy atom. The second kappa shape index (κ2) is 9.58. The zero-order valence-corrected chi connectivity index (χ0v) is 20.7. The van der Waals surface area contributed by atoms with Gasteiger partial charge >= 0.3 is 6.03 Å². The number of urea groups is 1. The first-order valence-electron chi connectivity index (χ1n) is 11.5. The highest BCUT2D eigenvalue weighted by Gasteiger charge is 2.29. The number of aromatic nitrogens is 2. The van der Waals surface area contributed by atoms with Crippen LogP contribution in [0.2, 0.25) is 0 Å². The third kappa shape index (κ3) is 4.60. The summed E-state index contributed by atoms with van der Waals surface area (Å²) in [4.78, 5) is 14.2. The Labute approximate surface area is 205 Å². The van der Waals surface area contributed by atoms with Crippen LogP contribution in [0.3, 0.4) is 0 Å². The lowest BCUT2D eigenvalue weighted by Gasteiger charge is -2.25. The van der Waals surface area contributed by atoms with Crippen molar-refractivity contribution in [3.8, 4) is 17.5 Å². The molecule has 0 atom stereocenters. The molecule has 180 valence electrons.